The van der Waals surface area contributed by atoms with Crippen LogP contribution in [-0.4, -0.2) is 79.3 Å². The summed E-state index contributed by atoms with van der Waals surface area (Å²) in [5.41, 5.74) is 1.81. The number of amides is 1. The molecule has 3 heterocycles. The molecule has 0 radical (unpaired) electrons. The molecule has 34 heavy (non-hydrogen) atoms. The van der Waals surface area contributed by atoms with Crippen molar-refractivity contribution in [2.45, 2.75) is 0 Å². The lowest BCUT2D eigenvalue weighted by Gasteiger charge is -2.27. The van der Waals surface area contributed by atoms with Crippen molar-refractivity contribution >= 4 is 17.5 Å². The van der Waals surface area contributed by atoms with Crippen molar-refractivity contribution in [2.75, 3.05) is 63.8 Å². The molecular formula is C23H29N7O4. The van der Waals surface area contributed by atoms with Crippen molar-refractivity contribution in [2.24, 2.45) is 7.05 Å². The lowest BCUT2D eigenvalue weighted by Crippen LogP contribution is -2.36. The number of ether oxygens (including phenoxy) is 3. The first-order valence-corrected chi connectivity index (χ1v) is 11.0. The van der Waals surface area contributed by atoms with Gasteiger partial charge in [-0.2, -0.15) is 5.10 Å². The molecule has 0 aliphatic carbocycles. The van der Waals surface area contributed by atoms with Crippen molar-refractivity contribution < 1.29 is 19.0 Å². The quantitative estimate of drug-likeness (QED) is 0.453. The van der Waals surface area contributed by atoms with E-state index in [1.165, 1.54) is 6.33 Å². The highest BCUT2D eigenvalue weighted by atomic mass is 16.5. The van der Waals surface area contributed by atoms with E-state index in [1.807, 2.05) is 24.3 Å². The first kappa shape index (κ1) is 23.3. The van der Waals surface area contributed by atoms with Crippen LogP contribution >= 0.6 is 0 Å². The fourth-order valence-electron chi connectivity index (χ4n) is 3.69. The van der Waals surface area contributed by atoms with E-state index in [-0.39, 0.29) is 5.91 Å². The second-order valence-corrected chi connectivity index (χ2v) is 7.65. The highest BCUT2D eigenvalue weighted by Crippen LogP contribution is 2.32. The normalized spacial score (nSPS) is 13.4. The maximum atomic E-state index is 12.8. The molecule has 1 fully saturated rings. The van der Waals surface area contributed by atoms with E-state index in [0.717, 1.165) is 24.5 Å². The van der Waals surface area contributed by atoms with Gasteiger partial charge in [0.2, 0.25) is 0 Å². The maximum absolute atomic E-state index is 12.8. The van der Waals surface area contributed by atoms with Crippen molar-refractivity contribution in [3.63, 3.8) is 0 Å². The van der Waals surface area contributed by atoms with E-state index in [4.69, 9.17) is 14.2 Å². The smallest absolute Gasteiger partial charge is 0.269 e. The summed E-state index contributed by atoms with van der Waals surface area (Å²) in [7, 11) is 4.93. The van der Waals surface area contributed by atoms with Gasteiger partial charge in [-0.05, 0) is 24.3 Å². The largest absolute Gasteiger partial charge is 0.497 e. The van der Waals surface area contributed by atoms with Crippen LogP contribution in [0.5, 0.6) is 11.5 Å². The van der Waals surface area contributed by atoms with Crippen LogP contribution < -0.4 is 25.0 Å². The number of carbonyl (C=O) groups is 1. The third-order valence-electron chi connectivity index (χ3n) is 5.50. The lowest BCUT2D eigenvalue weighted by atomic mass is 10.1. The van der Waals surface area contributed by atoms with Crippen LogP contribution in [0, 0.1) is 0 Å². The van der Waals surface area contributed by atoms with Gasteiger partial charge in [0, 0.05) is 44.9 Å². The number of benzene rings is 1. The summed E-state index contributed by atoms with van der Waals surface area (Å²) in [6.45, 7) is 3.93. The van der Waals surface area contributed by atoms with E-state index in [1.54, 1.807) is 32.0 Å². The Kier molecular flexibility index (Phi) is 7.43. The molecular weight excluding hydrogens is 438 g/mol. The zero-order chi connectivity index (χ0) is 23.9. The third kappa shape index (κ3) is 5.37. The molecule has 2 aromatic heterocycles. The zero-order valence-electron chi connectivity index (χ0n) is 19.6. The fraction of sp³-hybridized carbons (Fsp3) is 0.391. The van der Waals surface area contributed by atoms with Crippen molar-refractivity contribution in [3.8, 4) is 22.8 Å². The van der Waals surface area contributed by atoms with Gasteiger partial charge in [-0.3, -0.25) is 9.48 Å². The highest BCUT2D eigenvalue weighted by molar-refractivity contribution is 5.94. The summed E-state index contributed by atoms with van der Waals surface area (Å²) < 4.78 is 17.7. The second-order valence-electron chi connectivity index (χ2n) is 7.65. The summed E-state index contributed by atoms with van der Waals surface area (Å²) in [4.78, 5) is 23.5. The predicted octanol–water partition coefficient (Wildman–Crippen LogP) is 1.57. The molecule has 3 aromatic rings. The molecule has 2 N–H and O–H groups in total. The van der Waals surface area contributed by atoms with Crippen LogP contribution in [0.15, 0.2) is 36.7 Å². The fourth-order valence-corrected chi connectivity index (χ4v) is 3.69. The SMILES string of the molecule is COc1ccc(OC)c(-c2cc(C(=O)NCCNc3cc(N4CCOCC4)ncn3)n(C)n2)c1. The number of aryl methyl sites for hydroxylation is 1. The molecule has 0 unspecified atom stereocenters. The highest BCUT2D eigenvalue weighted by Gasteiger charge is 2.17. The number of nitrogens with zero attached hydrogens (tertiary/aromatic N) is 5. The topological polar surface area (TPSA) is 116 Å². The number of nitrogens with one attached hydrogen (secondary N) is 2. The second kappa shape index (κ2) is 10.8. The standard InChI is InChI=1S/C23H29N7O4/c1-29-19(13-18(28-29)17-12-16(32-2)4-5-20(17)33-3)23(31)25-7-6-24-21-14-22(27-15-26-21)30-8-10-34-11-9-30/h4-5,12-15H,6-11H2,1-3H3,(H,25,31)(H,24,26,27). The number of hydrogen-bond acceptors (Lipinski definition) is 9. The Bertz CT molecular complexity index is 1130. The summed E-state index contributed by atoms with van der Waals surface area (Å²) in [6, 6.07) is 9.10. The van der Waals surface area contributed by atoms with Gasteiger partial charge in [0.25, 0.3) is 5.91 Å². The Labute approximate surface area is 198 Å². The van der Waals surface area contributed by atoms with Gasteiger partial charge in [-0.1, -0.05) is 0 Å². The maximum Gasteiger partial charge on any atom is 0.269 e. The van der Waals surface area contributed by atoms with Crippen molar-refractivity contribution in [1.29, 1.82) is 0 Å². The number of hydrogen-bond donors (Lipinski definition) is 2. The molecule has 1 amide bonds. The van der Waals surface area contributed by atoms with E-state index >= 15 is 0 Å². The van der Waals surface area contributed by atoms with Crippen LogP contribution in [-0.2, 0) is 11.8 Å². The summed E-state index contributed by atoms with van der Waals surface area (Å²) >= 11 is 0. The first-order valence-electron chi connectivity index (χ1n) is 11.0. The van der Waals surface area contributed by atoms with Gasteiger partial charge >= 0.3 is 0 Å². The predicted molar refractivity (Wildman–Crippen MR) is 128 cm³/mol. The van der Waals surface area contributed by atoms with Gasteiger partial charge in [0.15, 0.2) is 0 Å². The average molecular weight is 468 g/mol. The Balaban J connectivity index is 1.34. The minimum atomic E-state index is -0.221. The first-order chi connectivity index (χ1) is 16.6. The van der Waals surface area contributed by atoms with E-state index < -0.39 is 0 Å². The number of aromatic nitrogens is 4. The van der Waals surface area contributed by atoms with Crippen molar-refractivity contribution in [1.82, 2.24) is 25.1 Å². The van der Waals surface area contributed by atoms with Crippen LogP contribution in [0.1, 0.15) is 10.5 Å². The summed E-state index contributed by atoms with van der Waals surface area (Å²) in [6.07, 6.45) is 1.54. The molecule has 1 aromatic carbocycles. The molecule has 1 aliphatic heterocycles. The molecule has 180 valence electrons. The Morgan fingerprint density at radius 2 is 1.91 bits per heavy atom. The molecule has 1 aliphatic rings. The van der Waals surface area contributed by atoms with Gasteiger partial charge < -0.3 is 29.7 Å². The molecule has 4 rings (SSSR count). The molecule has 0 bridgehead atoms. The third-order valence-corrected chi connectivity index (χ3v) is 5.50. The van der Waals surface area contributed by atoms with Gasteiger partial charge in [0.1, 0.15) is 35.2 Å². The molecule has 11 heteroatoms. The number of anilines is 2. The zero-order valence-corrected chi connectivity index (χ0v) is 19.6. The van der Waals surface area contributed by atoms with Crippen LogP contribution in [0.3, 0.4) is 0 Å². The van der Waals surface area contributed by atoms with E-state index in [0.29, 0.717) is 55.0 Å². The molecule has 11 nitrogen and oxygen atoms in total. The van der Waals surface area contributed by atoms with Crippen LogP contribution in [0.25, 0.3) is 11.3 Å². The molecule has 0 atom stereocenters. The summed E-state index contributed by atoms with van der Waals surface area (Å²) in [5, 5.41) is 10.6. The number of rotatable bonds is 9. The monoisotopic (exact) mass is 467 g/mol. The van der Waals surface area contributed by atoms with E-state index in [9.17, 15) is 4.79 Å². The summed E-state index contributed by atoms with van der Waals surface area (Å²) in [5.74, 6) is 2.68. The number of morpholine rings is 1. The minimum Gasteiger partial charge on any atom is -0.497 e. The minimum absolute atomic E-state index is 0.221. The van der Waals surface area contributed by atoms with E-state index in [2.05, 4.69) is 30.6 Å². The Hall–Kier alpha value is -3.86. The lowest BCUT2D eigenvalue weighted by molar-refractivity contribution is 0.0945. The molecule has 0 saturated carbocycles. The molecule has 1 saturated heterocycles. The number of carbonyl (C=O) groups excluding carboxylic acids is 1. The van der Waals surface area contributed by atoms with Crippen LogP contribution in [0.4, 0.5) is 11.6 Å². The van der Waals surface area contributed by atoms with Crippen molar-refractivity contribution in [3.05, 3.63) is 42.4 Å². The van der Waals surface area contributed by atoms with Gasteiger partial charge in [-0.25, -0.2) is 9.97 Å². The van der Waals surface area contributed by atoms with Gasteiger partial charge in [-0.15, -0.1) is 0 Å². The Morgan fingerprint density at radius 1 is 1.09 bits per heavy atom. The average Bonchev–Trinajstić information content (AvgIpc) is 3.28. The van der Waals surface area contributed by atoms with Crippen LogP contribution in [0.2, 0.25) is 0 Å². The Morgan fingerprint density at radius 3 is 2.68 bits per heavy atom. The molecule has 0 spiro atoms. The van der Waals surface area contributed by atoms with Gasteiger partial charge in [0.05, 0.1) is 33.1 Å². The number of methoxy groups -OCH3 is 2.